The van der Waals surface area contributed by atoms with Gasteiger partial charge in [0, 0.05) is 17.2 Å². The third-order valence-electron chi connectivity index (χ3n) is 3.73. The average Bonchev–Trinajstić information content (AvgIpc) is 3.13. The average molecular weight is 386 g/mol. The number of benzene rings is 2. The minimum Gasteiger partial charge on any atom is -0.489 e. The Morgan fingerprint density at radius 2 is 2.04 bits per heavy atom. The van der Waals surface area contributed by atoms with Gasteiger partial charge in [-0.3, -0.25) is 4.79 Å². The van der Waals surface area contributed by atoms with Crippen LogP contribution >= 0.6 is 11.6 Å². The summed E-state index contributed by atoms with van der Waals surface area (Å²) in [5.74, 6) is 0.510. The zero-order valence-corrected chi connectivity index (χ0v) is 15.6. The van der Waals surface area contributed by atoms with Crippen molar-refractivity contribution in [3.63, 3.8) is 0 Å². The van der Waals surface area contributed by atoms with Crippen LogP contribution in [-0.4, -0.2) is 22.3 Å². The summed E-state index contributed by atoms with van der Waals surface area (Å²) >= 11 is 5.86. The Kier molecular flexibility index (Phi) is 6.46. The van der Waals surface area contributed by atoms with Gasteiger partial charge in [-0.05, 0) is 48.9 Å². The van der Waals surface area contributed by atoms with Gasteiger partial charge in [0.05, 0.1) is 18.1 Å². The number of aromatic nitrogens is 2. The van der Waals surface area contributed by atoms with Crippen LogP contribution in [0.3, 0.4) is 0 Å². The molecule has 0 aliphatic rings. The van der Waals surface area contributed by atoms with Crippen LogP contribution in [0.4, 0.5) is 5.69 Å². The highest BCUT2D eigenvalue weighted by atomic mass is 35.5. The number of anilines is 1. The largest absolute Gasteiger partial charge is 0.489 e. The molecule has 7 heteroatoms. The molecule has 1 N–H and O–H groups in total. The topological polar surface area (TPSA) is 65.4 Å². The number of nitrogens with one attached hydrogen (secondary N) is 1. The molecule has 0 unspecified atom stereocenters. The van der Waals surface area contributed by atoms with E-state index < -0.39 is 0 Å². The van der Waals surface area contributed by atoms with E-state index in [1.807, 2.05) is 19.1 Å². The summed E-state index contributed by atoms with van der Waals surface area (Å²) in [6.45, 7) is 3.22. The molecular formula is C20H20ClN3O3. The van der Waals surface area contributed by atoms with E-state index in [4.69, 9.17) is 21.1 Å². The Bertz CT molecular complexity index is 893. The van der Waals surface area contributed by atoms with Gasteiger partial charge in [-0.2, -0.15) is 5.10 Å². The molecule has 1 aromatic heterocycles. The number of amides is 1. The zero-order chi connectivity index (χ0) is 19.1. The third kappa shape index (κ3) is 5.57. The molecule has 3 rings (SSSR count). The van der Waals surface area contributed by atoms with E-state index in [-0.39, 0.29) is 5.91 Å². The molecule has 0 saturated carbocycles. The fourth-order valence-electron chi connectivity index (χ4n) is 2.39. The second-order valence-electron chi connectivity index (χ2n) is 5.79. The lowest BCUT2D eigenvalue weighted by atomic mass is 10.1. The monoisotopic (exact) mass is 385 g/mol. The summed E-state index contributed by atoms with van der Waals surface area (Å²) in [7, 11) is 0. The highest BCUT2D eigenvalue weighted by Gasteiger charge is 2.09. The predicted molar refractivity (Wildman–Crippen MR) is 104 cm³/mol. The predicted octanol–water partition coefficient (Wildman–Crippen LogP) is 4.36. The molecule has 0 fully saturated rings. The summed E-state index contributed by atoms with van der Waals surface area (Å²) in [5, 5.41) is 7.62. The number of ether oxygens (including phenoxy) is 2. The molecule has 140 valence electrons. The van der Waals surface area contributed by atoms with Gasteiger partial charge in [-0.25, -0.2) is 4.68 Å². The van der Waals surface area contributed by atoms with E-state index in [1.54, 1.807) is 53.5 Å². The van der Waals surface area contributed by atoms with Crippen molar-refractivity contribution in [2.24, 2.45) is 0 Å². The number of carbonyl (C=O) groups excluding carboxylic acids is 1. The number of nitrogens with zero attached hydrogens (tertiary/aromatic N) is 2. The summed E-state index contributed by atoms with van der Waals surface area (Å²) < 4.78 is 12.6. The van der Waals surface area contributed by atoms with E-state index in [9.17, 15) is 4.79 Å². The molecule has 2 aromatic carbocycles. The number of halogens is 1. The van der Waals surface area contributed by atoms with Gasteiger partial charge in [0.15, 0.2) is 0 Å². The highest BCUT2D eigenvalue weighted by molar-refractivity contribution is 6.30. The smallest absolute Gasteiger partial charge is 0.255 e. The lowest BCUT2D eigenvalue weighted by Gasteiger charge is -2.08. The molecule has 0 spiro atoms. The first-order valence-corrected chi connectivity index (χ1v) is 8.90. The first kappa shape index (κ1) is 18.9. The van der Waals surface area contributed by atoms with Crippen LogP contribution in [0.25, 0.3) is 0 Å². The highest BCUT2D eigenvalue weighted by Crippen LogP contribution is 2.17. The van der Waals surface area contributed by atoms with Crippen molar-refractivity contribution < 1.29 is 14.3 Å². The van der Waals surface area contributed by atoms with E-state index in [1.165, 1.54) is 0 Å². The van der Waals surface area contributed by atoms with Gasteiger partial charge in [0.2, 0.25) is 0 Å². The van der Waals surface area contributed by atoms with Gasteiger partial charge in [-0.15, -0.1) is 0 Å². The van der Waals surface area contributed by atoms with Crippen LogP contribution in [0, 0.1) is 0 Å². The lowest BCUT2D eigenvalue weighted by Crippen LogP contribution is -2.12. The molecule has 0 aliphatic carbocycles. The first-order chi connectivity index (χ1) is 13.1. The molecule has 1 heterocycles. The van der Waals surface area contributed by atoms with Gasteiger partial charge >= 0.3 is 0 Å². The van der Waals surface area contributed by atoms with Gasteiger partial charge in [0.25, 0.3) is 5.91 Å². The Balaban J connectivity index is 1.59. The zero-order valence-electron chi connectivity index (χ0n) is 14.9. The maximum absolute atomic E-state index is 12.5. The SMILES string of the molecule is CCOCn1cc(NC(=O)c2cccc(COc3ccc(Cl)cc3)c2)cn1. The fourth-order valence-corrected chi connectivity index (χ4v) is 2.51. The van der Waals surface area contributed by atoms with Crippen molar-refractivity contribution in [3.05, 3.63) is 77.1 Å². The van der Waals surface area contributed by atoms with Crippen LogP contribution in [0.2, 0.25) is 5.02 Å². The first-order valence-electron chi connectivity index (χ1n) is 8.53. The van der Waals surface area contributed by atoms with Gasteiger partial charge in [-0.1, -0.05) is 23.7 Å². The second-order valence-corrected chi connectivity index (χ2v) is 6.22. The molecular weight excluding hydrogens is 366 g/mol. The normalized spacial score (nSPS) is 10.6. The molecule has 0 radical (unpaired) electrons. The van der Waals surface area contributed by atoms with Crippen LogP contribution < -0.4 is 10.1 Å². The molecule has 3 aromatic rings. The molecule has 0 bridgehead atoms. The molecule has 1 amide bonds. The lowest BCUT2D eigenvalue weighted by molar-refractivity contribution is 0.0792. The van der Waals surface area contributed by atoms with E-state index in [0.717, 1.165) is 11.3 Å². The van der Waals surface area contributed by atoms with Crippen molar-refractivity contribution in [2.45, 2.75) is 20.3 Å². The maximum atomic E-state index is 12.5. The van der Waals surface area contributed by atoms with Crippen molar-refractivity contribution in [1.29, 1.82) is 0 Å². The van der Waals surface area contributed by atoms with Crippen molar-refractivity contribution in [1.82, 2.24) is 9.78 Å². The second kappa shape index (κ2) is 9.21. The number of hydrogen-bond donors (Lipinski definition) is 1. The minimum absolute atomic E-state index is 0.209. The van der Waals surface area contributed by atoms with E-state index >= 15 is 0 Å². The molecule has 6 nitrogen and oxygen atoms in total. The van der Waals surface area contributed by atoms with Crippen molar-refractivity contribution in [2.75, 3.05) is 11.9 Å². The number of carbonyl (C=O) groups is 1. The molecule has 0 atom stereocenters. The standard InChI is InChI=1S/C20H20ClN3O3/c1-2-26-14-24-12-18(11-22-24)23-20(25)16-5-3-4-15(10-16)13-27-19-8-6-17(21)7-9-19/h3-12H,2,13-14H2,1H3,(H,23,25). The summed E-state index contributed by atoms with van der Waals surface area (Å²) in [4.78, 5) is 12.5. The fraction of sp³-hybridized carbons (Fsp3) is 0.200. The quantitative estimate of drug-likeness (QED) is 0.625. The Morgan fingerprint density at radius 1 is 1.22 bits per heavy atom. The van der Waals surface area contributed by atoms with E-state index in [0.29, 0.717) is 36.2 Å². The maximum Gasteiger partial charge on any atom is 0.255 e. The van der Waals surface area contributed by atoms with Crippen LogP contribution in [0.5, 0.6) is 5.75 Å². The van der Waals surface area contributed by atoms with Crippen LogP contribution in [0.15, 0.2) is 60.9 Å². The minimum atomic E-state index is -0.209. The summed E-state index contributed by atoms with van der Waals surface area (Å²) in [6, 6.07) is 14.4. The molecule has 0 aliphatic heterocycles. The Labute approximate surface area is 162 Å². The van der Waals surface area contributed by atoms with Crippen molar-refractivity contribution >= 4 is 23.2 Å². The van der Waals surface area contributed by atoms with Gasteiger partial charge in [0.1, 0.15) is 19.1 Å². The van der Waals surface area contributed by atoms with Gasteiger partial charge < -0.3 is 14.8 Å². The molecule has 27 heavy (non-hydrogen) atoms. The third-order valence-corrected chi connectivity index (χ3v) is 3.98. The Morgan fingerprint density at radius 3 is 2.81 bits per heavy atom. The van der Waals surface area contributed by atoms with E-state index in [2.05, 4.69) is 10.4 Å². The summed E-state index contributed by atoms with van der Waals surface area (Å²) in [6.07, 6.45) is 3.31. The molecule has 0 saturated heterocycles. The van der Waals surface area contributed by atoms with Crippen LogP contribution in [-0.2, 0) is 18.1 Å². The number of hydrogen-bond acceptors (Lipinski definition) is 4. The summed E-state index contributed by atoms with van der Waals surface area (Å²) in [5.41, 5.74) is 2.05. The Hall–Kier alpha value is -2.83. The van der Waals surface area contributed by atoms with Crippen molar-refractivity contribution in [3.8, 4) is 5.75 Å². The van der Waals surface area contributed by atoms with Crippen LogP contribution in [0.1, 0.15) is 22.8 Å². The number of rotatable bonds is 8.